The summed E-state index contributed by atoms with van der Waals surface area (Å²) in [4.78, 5) is -0.0924. The topological polar surface area (TPSA) is 80.4 Å². The zero-order chi connectivity index (χ0) is 24.1. The van der Waals surface area contributed by atoms with Crippen molar-refractivity contribution in [3.05, 3.63) is 97.1 Å². The molecule has 4 nitrogen and oxygen atoms in total. The molecule has 0 amide bonds. The second-order valence-corrected chi connectivity index (χ2v) is 11.2. The first-order valence-corrected chi connectivity index (χ1v) is 13.2. The fourth-order valence-corrected chi connectivity index (χ4v) is 6.04. The fourth-order valence-electron chi connectivity index (χ4n) is 3.83. The average molecular weight is 614 g/mol. The minimum absolute atomic E-state index is 0.0924. The summed E-state index contributed by atoms with van der Waals surface area (Å²) < 4.78 is 40.2. The van der Waals surface area contributed by atoms with E-state index in [1.165, 1.54) is 18.2 Å². The van der Waals surface area contributed by atoms with Crippen molar-refractivity contribution in [2.45, 2.75) is 17.9 Å². The zero-order valence-electron chi connectivity index (χ0n) is 17.1. The first-order valence-electron chi connectivity index (χ1n) is 9.66. The van der Waals surface area contributed by atoms with E-state index in [9.17, 15) is 17.9 Å². The van der Waals surface area contributed by atoms with E-state index in [1.54, 1.807) is 18.2 Å². The lowest BCUT2D eigenvalue weighted by atomic mass is 9.89. The number of hydrogen-bond donors (Lipinski definition) is 2. The molecule has 3 N–H and O–H groups in total. The molecule has 4 aromatic rings. The van der Waals surface area contributed by atoms with Crippen LogP contribution < -0.4 is 5.14 Å². The smallest absolute Gasteiger partial charge is 0.238 e. The number of rotatable bonds is 4. The molecular weight excluding hydrogens is 597 g/mol. The Hall–Kier alpha value is -1.81. The molecule has 0 fully saturated rings. The number of primary sulfonamides is 1. The molecule has 0 saturated carbocycles. The number of hydrogen-bond acceptors (Lipinski definition) is 3. The molecule has 0 heterocycles. The zero-order valence-corrected chi connectivity index (χ0v) is 21.9. The predicted octanol–water partition coefficient (Wildman–Crippen LogP) is 6.86. The largest absolute Gasteiger partial charge is 0.384 e. The third-order valence-corrected chi connectivity index (χ3v) is 8.22. The first kappa shape index (κ1) is 24.3. The quantitative estimate of drug-likeness (QED) is 0.264. The Labute approximate surface area is 212 Å². The number of fused-ring (bicyclic) bond motifs is 1. The van der Waals surface area contributed by atoms with Gasteiger partial charge >= 0.3 is 0 Å². The number of aliphatic hydroxyl groups is 1. The van der Waals surface area contributed by atoms with Gasteiger partial charge in [0.15, 0.2) is 0 Å². The van der Waals surface area contributed by atoms with E-state index in [1.807, 2.05) is 25.1 Å². The van der Waals surface area contributed by atoms with Crippen molar-refractivity contribution in [2.75, 3.05) is 0 Å². The molecule has 0 saturated heterocycles. The molecule has 0 aliphatic carbocycles. The van der Waals surface area contributed by atoms with E-state index in [4.69, 9.17) is 16.7 Å². The lowest BCUT2D eigenvalue weighted by Crippen LogP contribution is -2.14. The van der Waals surface area contributed by atoms with Gasteiger partial charge in [0, 0.05) is 30.7 Å². The van der Waals surface area contributed by atoms with Crippen LogP contribution in [0.2, 0.25) is 5.02 Å². The molecule has 1 atom stereocenters. The lowest BCUT2D eigenvalue weighted by molar-refractivity contribution is 0.220. The normalized spacial score (nSPS) is 12.8. The van der Waals surface area contributed by atoms with Crippen LogP contribution in [0.1, 0.15) is 22.8 Å². The third kappa shape index (κ3) is 4.60. The number of sulfonamides is 1. The van der Waals surface area contributed by atoms with E-state index >= 15 is 0 Å². The van der Waals surface area contributed by atoms with Gasteiger partial charge in [-0.3, -0.25) is 0 Å². The lowest BCUT2D eigenvalue weighted by Gasteiger charge is -2.22. The first-order chi connectivity index (χ1) is 15.5. The molecule has 4 aromatic carbocycles. The Morgan fingerprint density at radius 2 is 1.73 bits per heavy atom. The maximum atomic E-state index is 14.0. The Bertz CT molecular complexity index is 1530. The van der Waals surface area contributed by atoms with Crippen molar-refractivity contribution < 1.29 is 17.9 Å². The highest BCUT2D eigenvalue weighted by Gasteiger charge is 2.27. The molecule has 0 radical (unpaired) electrons. The van der Waals surface area contributed by atoms with Crippen LogP contribution in [-0.4, -0.2) is 13.5 Å². The number of aryl methyl sites for hydroxylation is 1. The molecule has 0 aliphatic rings. The third-order valence-electron chi connectivity index (χ3n) is 5.36. The molecule has 1 unspecified atom stereocenters. The van der Waals surface area contributed by atoms with Crippen LogP contribution in [-0.2, 0) is 10.0 Å². The van der Waals surface area contributed by atoms with Crippen molar-refractivity contribution in [3.63, 3.8) is 0 Å². The van der Waals surface area contributed by atoms with Crippen LogP contribution in [0.5, 0.6) is 0 Å². The monoisotopic (exact) mass is 611 g/mol. The summed E-state index contributed by atoms with van der Waals surface area (Å²) in [6.07, 6.45) is -1.37. The fraction of sp³-hybridized carbons (Fsp3) is 0.0833. The van der Waals surface area contributed by atoms with Gasteiger partial charge in [-0.2, -0.15) is 0 Å². The number of aliphatic hydroxyl groups excluding tert-OH is 1. The second kappa shape index (κ2) is 9.09. The van der Waals surface area contributed by atoms with Crippen molar-refractivity contribution in [1.82, 2.24) is 0 Å². The molecule has 9 heteroatoms. The van der Waals surface area contributed by atoms with Crippen molar-refractivity contribution in [3.8, 4) is 11.1 Å². The molecule has 0 aliphatic heterocycles. The van der Waals surface area contributed by atoms with Crippen LogP contribution in [0.3, 0.4) is 0 Å². The van der Waals surface area contributed by atoms with Crippen molar-refractivity contribution in [1.29, 1.82) is 0 Å². The van der Waals surface area contributed by atoms with Crippen LogP contribution in [0.25, 0.3) is 21.9 Å². The number of nitrogens with two attached hydrogens (primary N) is 1. The minimum atomic E-state index is -4.09. The molecule has 0 aromatic heterocycles. The Morgan fingerprint density at radius 3 is 2.42 bits per heavy atom. The highest BCUT2D eigenvalue weighted by molar-refractivity contribution is 9.11. The van der Waals surface area contributed by atoms with Crippen molar-refractivity contribution in [2.24, 2.45) is 5.14 Å². The summed E-state index contributed by atoms with van der Waals surface area (Å²) in [6, 6.07) is 15.8. The highest BCUT2D eigenvalue weighted by atomic mass is 79.9. The van der Waals surface area contributed by atoms with Crippen LogP contribution in [0.4, 0.5) is 4.39 Å². The predicted molar refractivity (Wildman–Crippen MR) is 136 cm³/mol. The second-order valence-electron chi connectivity index (χ2n) is 7.60. The standard InChI is InChI=1S/C24H17Br2ClFNO3S/c1-12-5-8-21(33(29,31)32)16(9-12)17-11-15-14(3-2-4-19(15)25)23(26)22(17)24(30)18-10-13(28)6-7-20(18)27/h2-11,24,30H,1H3,(H2,29,31,32). The highest BCUT2D eigenvalue weighted by Crippen LogP contribution is 2.45. The van der Waals surface area contributed by atoms with Gasteiger partial charge in [0.05, 0.1) is 4.90 Å². The van der Waals surface area contributed by atoms with Crippen molar-refractivity contribution >= 4 is 64.3 Å². The molecule has 170 valence electrons. The van der Waals surface area contributed by atoms with Gasteiger partial charge < -0.3 is 5.11 Å². The summed E-state index contributed by atoms with van der Waals surface area (Å²) >= 11 is 13.4. The summed E-state index contributed by atoms with van der Waals surface area (Å²) in [6.45, 7) is 1.82. The summed E-state index contributed by atoms with van der Waals surface area (Å²) in [5.41, 5.74) is 2.02. The summed E-state index contributed by atoms with van der Waals surface area (Å²) in [5, 5.41) is 18.7. The molecule has 0 bridgehead atoms. The van der Waals surface area contributed by atoms with Gasteiger partial charge in [0.2, 0.25) is 10.0 Å². The SMILES string of the molecule is Cc1ccc(S(N)(=O)=O)c(-c2cc3c(Br)cccc3c(Br)c2C(O)c2cc(F)ccc2Cl)c1. The van der Waals surface area contributed by atoms with E-state index in [-0.39, 0.29) is 15.5 Å². The van der Waals surface area contributed by atoms with Crippen LogP contribution in [0.15, 0.2) is 74.5 Å². The van der Waals surface area contributed by atoms with E-state index in [2.05, 4.69) is 31.9 Å². The van der Waals surface area contributed by atoms with Gasteiger partial charge in [-0.15, -0.1) is 0 Å². The summed E-state index contributed by atoms with van der Waals surface area (Å²) in [5.74, 6) is -0.560. The molecule has 0 spiro atoms. The molecule has 4 rings (SSSR count). The number of benzene rings is 4. The van der Waals surface area contributed by atoms with E-state index in [0.717, 1.165) is 26.9 Å². The maximum absolute atomic E-state index is 14.0. The van der Waals surface area contributed by atoms with E-state index < -0.39 is 21.9 Å². The Balaban J connectivity index is 2.16. The minimum Gasteiger partial charge on any atom is -0.384 e. The maximum Gasteiger partial charge on any atom is 0.238 e. The van der Waals surface area contributed by atoms with Gasteiger partial charge in [-0.25, -0.2) is 17.9 Å². The van der Waals surface area contributed by atoms with E-state index in [0.29, 0.717) is 21.2 Å². The van der Waals surface area contributed by atoms with Gasteiger partial charge in [0.25, 0.3) is 0 Å². The van der Waals surface area contributed by atoms with Gasteiger partial charge in [0.1, 0.15) is 11.9 Å². The van der Waals surface area contributed by atoms with Gasteiger partial charge in [-0.05, 0) is 75.6 Å². The number of halogens is 4. The Kier molecular flexibility index (Phi) is 6.70. The van der Waals surface area contributed by atoms with Crippen LogP contribution >= 0.6 is 43.5 Å². The van der Waals surface area contributed by atoms with Gasteiger partial charge in [-0.1, -0.05) is 57.4 Å². The summed E-state index contributed by atoms with van der Waals surface area (Å²) in [7, 11) is -4.09. The van der Waals surface area contributed by atoms with Crippen LogP contribution in [0, 0.1) is 12.7 Å². The Morgan fingerprint density at radius 1 is 1.00 bits per heavy atom. The molecular formula is C24H17Br2ClFNO3S. The molecule has 33 heavy (non-hydrogen) atoms. The average Bonchev–Trinajstić information content (AvgIpc) is 2.74.